The third-order valence-electron chi connectivity index (χ3n) is 3.60. The maximum atomic E-state index is 12.1. The molecule has 1 heterocycles. The molecule has 0 bridgehead atoms. The van der Waals surface area contributed by atoms with Gasteiger partial charge >= 0.3 is 0 Å². The molecule has 1 aromatic rings. The number of anilines is 1. The summed E-state index contributed by atoms with van der Waals surface area (Å²) in [6, 6.07) is 5.50. The van der Waals surface area contributed by atoms with Crippen molar-refractivity contribution in [1.82, 2.24) is 10.6 Å². The predicted octanol–water partition coefficient (Wildman–Crippen LogP) is 1.40. The quantitative estimate of drug-likeness (QED) is 0.863. The van der Waals surface area contributed by atoms with Gasteiger partial charge in [0.05, 0.1) is 13.2 Å². The first kappa shape index (κ1) is 16.1. The average Bonchev–Trinajstić information content (AvgIpc) is 2.53. The van der Waals surface area contributed by atoms with Crippen molar-refractivity contribution in [3.05, 3.63) is 28.8 Å². The van der Waals surface area contributed by atoms with Crippen molar-refractivity contribution < 1.29 is 9.53 Å². The zero-order chi connectivity index (χ0) is 15.2. The number of halogens is 1. The number of ether oxygens (including phenoxy) is 1. The molecule has 0 saturated carbocycles. The van der Waals surface area contributed by atoms with Gasteiger partial charge in [-0.1, -0.05) is 24.6 Å². The van der Waals surface area contributed by atoms with Gasteiger partial charge in [0, 0.05) is 30.8 Å². The summed E-state index contributed by atoms with van der Waals surface area (Å²) < 4.78 is 5.46. The van der Waals surface area contributed by atoms with E-state index >= 15 is 0 Å². The Hall–Kier alpha value is -1.30. The summed E-state index contributed by atoms with van der Waals surface area (Å²) >= 11 is 6.15. The number of rotatable bonds is 5. The molecule has 1 aliphatic rings. The molecule has 0 aromatic heterocycles. The largest absolute Gasteiger partial charge is 0.377 e. The summed E-state index contributed by atoms with van der Waals surface area (Å²) in [5, 5.41) is 6.70. The smallest absolute Gasteiger partial charge is 0.244 e. The molecular formula is C15H22ClN3O2. The highest BCUT2D eigenvalue weighted by molar-refractivity contribution is 6.30. The number of benzene rings is 1. The van der Waals surface area contributed by atoms with Crippen LogP contribution >= 0.6 is 11.6 Å². The lowest BCUT2D eigenvalue weighted by molar-refractivity contribution is -0.124. The fourth-order valence-electron chi connectivity index (χ4n) is 2.49. The van der Waals surface area contributed by atoms with E-state index in [-0.39, 0.29) is 11.9 Å². The van der Waals surface area contributed by atoms with Gasteiger partial charge in [-0.3, -0.25) is 4.79 Å². The summed E-state index contributed by atoms with van der Waals surface area (Å²) in [6.45, 7) is 5.40. The number of amides is 1. The van der Waals surface area contributed by atoms with Crippen LogP contribution < -0.4 is 15.5 Å². The van der Waals surface area contributed by atoms with E-state index in [1.54, 1.807) is 7.05 Å². The number of carbonyl (C=O) groups is 1. The minimum absolute atomic E-state index is 0.0379. The van der Waals surface area contributed by atoms with Crippen LogP contribution in [0.1, 0.15) is 12.5 Å². The van der Waals surface area contributed by atoms with E-state index in [0.29, 0.717) is 24.8 Å². The second-order valence-electron chi connectivity index (χ2n) is 4.95. The van der Waals surface area contributed by atoms with Gasteiger partial charge in [0.15, 0.2) is 0 Å². The summed E-state index contributed by atoms with van der Waals surface area (Å²) in [4.78, 5) is 14.2. The molecule has 21 heavy (non-hydrogen) atoms. The second kappa shape index (κ2) is 7.64. The van der Waals surface area contributed by atoms with Crippen LogP contribution in [0, 0.1) is 0 Å². The van der Waals surface area contributed by atoms with Crippen molar-refractivity contribution in [3.8, 4) is 0 Å². The van der Waals surface area contributed by atoms with Gasteiger partial charge in [0.2, 0.25) is 5.91 Å². The minimum atomic E-state index is -0.317. The lowest BCUT2D eigenvalue weighted by atomic mass is 10.1. The molecule has 0 aliphatic carbocycles. The summed E-state index contributed by atoms with van der Waals surface area (Å²) in [6.07, 6.45) is 0. The predicted molar refractivity (Wildman–Crippen MR) is 84.9 cm³/mol. The lowest BCUT2D eigenvalue weighted by Gasteiger charge is -2.37. The highest BCUT2D eigenvalue weighted by atomic mass is 35.5. The molecular weight excluding hydrogens is 290 g/mol. The van der Waals surface area contributed by atoms with Crippen LogP contribution in [0.5, 0.6) is 0 Å². The van der Waals surface area contributed by atoms with Gasteiger partial charge in [-0.2, -0.15) is 0 Å². The molecule has 1 unspecified atom stereocenters. The van der Waals surface area contributed by atoms with Gasteiger partial charge in [0.25, 0.3) is 0 Å². The Balaban J connectivity index is 2.32. The van der Waals surface area contributed by atoms with Gasteiger partial charge in [0.1, 0.15) is 6.04 Å². The minimum Gasteiger partial charge on any atom is -0.377 e. The fourth-order valence-corrected chi connectivity index (χ4v) is 2.66. The highest BCUT2D eigenvalue weighted by Gasteiger charge is 2.30. The molecule has 1 aromatic carbocycles. The monoisotopic (exact) mass is 311 g/mol. The number of carbonyl (C=O) groups excluding carboxylic acids is 1. The first-order valence-electron chi connectivity index (χ1n) is 7.22. The van der Waals surface area contributed by atoms with Crippen molar-refractivity contribution in [1.29, 1.82) is 0 Å². The molecule has 6 heteroatoms. The zero-order valence-electron chi connectivity index (χ0n) is 12.5. The van der Waals surface area contributed by atoms with Crippen molar-refractivity contribution >= 4 is 23.2 Å². The Morgan fingerprint density at radius 2 is 2.33 bits per heavy atom. The van der Waals surface area contributed by atoms with E-state index in [2.05, 4.69) is 22.5 Å². The Morgan fingerprint density at radius 3 is 3.05 bits per heavy atom. The van der Waals surface area contributed by atoms with Crippen LogP contribution in [0.25, 0.3) is 0 Å². The van der Waals surface area contributed by atoms with E-state index < -0.39 is 0 Å². The number of hydrogen-bond donors (Lipinski definition) is 2. The lowest BCUT2D eigenvalue weighted by Crippen LogP contribution is -2.53. The number of likely N-dealkylation sites (N-methyl/N-ethyl adjacent to an activating group) is 1. The van der Waals surface area contributed by atoms with Crippen molar-refractivity contribution in [3.63, 3.8) is 0 Å². The molecule has 1 fully saturated rings. The maximum Gasteiger partial charge on any atom is 0.244 e. The Kier molecular flexibility index (Phi) is 5.85. The van der Waals surface area contributed by atoms with Crippen LogP contribution in [0.3, 0.4) is 0 Å². The molecule has 0 radical (unpaired) electrons. The average molecular weight is 312 g/mol. The maximum absolute atomic E-state index is 12.1. The first-order chi connectivity index (χ1) is 10.2. The molecule has 1 amide bonds. The number of nitrogens with zero attached hydrogens (tertiary/aromatic N) is 1. The molecule has 1 saturated heterocycles. The molecule has 2 rings (SSSR count). The zero-order valence-corrected chi connectivity index (χ0v) is 13.2. The third-order valence-corrected chi connectivity index (χ3v) is 3.83. The number of morpholine rings is 1. The fraction of sp³-hybridized carbons (Fsp3) is 0.533. The van der Waals surface area contributed by atoms with Gasteiger partial charge < -0.3 is 20.3 Å². The molecule has 116 valence electrons. The van der Waals surface area contributed by atoms with Gasteiger partial charge in [-0.05, 0) is 24.2 Å². The van der Waals surface area contributed by atoms with Gasteiger partial charge in [-0.15, -0.1) is 0 Å². The second-order valence-corrected chi connectivity index (χ2v) is 5.39. The van der Waals surface area contributed by atoms with Crippen molar-refractivity contribution in [2.45, 2.75) is 19.5 Å². The number of nitrogens with one attached hydrogen (secondary N) is 2. The molecule has 1 aliphatic heterocycles. The van der Waals surface area contributed by atoms with E-state index in [9.17, 15) is 4.79 Å². The van der Waals surface area contributed by atoms with Crippen molar-refractivity contribution in [2.24, 2.45) is 0 Å². The Labute approximate surface area is 130 Å². The van der Waals surface area contributed by atoms with E-state index in [1.165, 1.54) is 0 Å². The summed E-state index contributed by atoms with van der Waals surface area (Å²) in [5.74, 6) is -0.0379. The Bertz CT molecular complexity index is 496. The SMILES string of the molecule is CCNCc1ccc(Cl)cc1N1CCOCC1C(=O)NC. The topological polar surface area (TPSA) is 53.6 Å². The van der Waals surface area contributed by atoms with Crippen LogP contribution in [0.4, 0.5) is 5.69 Å². The summed E-state index contributed by atoms with van der Waals surface area (Å²) in [7, 11) is 1.65. The number of hydrogen-bond acceptors (Lipinski definition) is 4. The highest BCUT2D eigenvalue weighted by Crippen LogP contribution is 2.28. The normalized spacial score (nSPS) is 18.6. The van der Waals surface area contributed by atoms with E-state index in [0.717, 1.165) is 24.3 Å². The molecule has 2 N–H and O–H groups in total. The van der Waals surface area contributed by atoms with Crippen molar-refractivity contribution in [2.75, 3.05) is 38.3 Å². The molecule has 5 nitrogen and oxygen atoms in total. The molecule has 1 atom stereocenters. The van der Waals surface area contributed by atoms with Crippen LogP contribution in [-0.2, 0) is 16.1 Å². The molecule has 0 spiro atoms. The van der Waals surface area contributed by atoms with E-state index in [4.69, 9.17) is 16.3 Å². The third kappa shape index (κ3) is 3.87. The van der Waals surface area contributed by atoms with E-state index in [1.807, 2.05) is 18.2 Å². The van der Waals surface area contributed by atoms with Crippen LogP contribution in [-0.4, -0.2) is 45.3 Å². The standard InChI is InChI=1S/C15H22ClN3O2/c1-3-18-9-11-4-5-12(16)8-13(11)19-6-7-21-10-14(19)15(20)17-2/h4-5,8,14,18H,3,6-7,9-10H2,1-2H3,(H,17,20). The summed E-state index contributed by atoms with van der Waals surface area (Å²) in [5.41, 5.74) is 2.14. The van der Waals surface area contributed by atoms with Crippen LogP contribution in [0.2, 0.25) is 5.02 Å². The van der Waals surface area contributed by atoms with Crippen LogP contribution in [0.15, 0.2) is 18.2 Å². The van der Waals surface area contributed by atoms with Gasteiger partial charge in [-0.25, -0.2) is 0 Å². The Morgan fingerprint density at radius 1 is 1.52 bits per heavy atom. The first-order valence-corrected chi connectivity index (χ1v) is 7.60.